The molecule has 0 heterocycles. The zero-order valence-corrected chi connectivity index (χ0v) is 12.5. The molecule has 0 saturated heterocycles. The molecule has 0 aliphatic rings. The molecule has 1 aromatic rings. The van der Waals surface area contributed by atoms with Crippen molar-refractivity contribution in [2.75, 3.05) is 19.8 Å². The predicted molar refractivity (Wildman–Crippen MR) is 77.1 cm³/mol. The van der Waals surface area contributed by atoms with E-state index < -0.39 is 0 Å². The third-order valence-corrected chi connectivity index (χ3v) is 2.88. The van der Waals surface area contributed by atoms with Crippen LogP contribution in [0.2, 0.25) is 5.02 Å². The van der Waals surface area contributed by atoms with Crippen molar-refractivity contribution >= 4 is 33.4 Å². The standard InChI is InChI=1S/C13H15BrClNO2/c1-9(2)8-18-6-5-16-13(17)11-7-10(14)3-4-12(11)15/h3-4,7H,1,5-6,8H2,2H3,(H,16,17). The van der Waals surface area contributed by atoms with Gasteiger partial charge in [0.1, 0.15) is 0 Å². The first kappa shape index (κ1) is 15.2. The van der Waals surface area contributed by atoms with E-state index in [9.17, 15) is 4.79 Å². The number of halogens is 2. The van der Waals surface area contributed by atoms with Gasteiger partial charge in [-0.2, -0.15) is 0 Å². The lowest BCUT2D eigenvalue weighted by Gasteiger charge is -2.08. The molecule has 0 unspecified atom stereocenters. The Morgan fingerprint density at radius 2 is 2.28 bits per heavy atom. The summed E-state index contributed by atoms with van der Waals surface area (Å²) < 4.78 is 6.09. The summed E-state index contributed by atoms with van der Waals surface area (Å²) in [5.41, 5.74) is 1.40. The van der Waals surface area contributed by atoms with E-state index in [1.807, 2.05) is 6.92 Å². The zero-order chi connectivity index (χ0) is 13.5. The van der Waals surface area contributed by atoms with Crippen molar-refractivity contribution in [3.63, 3.8) is 0 Å². The highest BCUT2D eigenvalue weighted by atomic mass is 79.9. The fraction of sp³-hybridized carbons (Fsp3) is 0.308. The molecule has 18 heavy (non-hydrogen) atoms. The Labute approximate surface area is 120 Å². The normalized spacial score (nSPS) is 10.2. The summed E-state index contributed by atoms with van der Waals surface area (Å²) in [6.07, 6.45) is 0. The first-order valence-electron chi connectivity index (χ1n) is 5.46. The van der Waals surface area contributed by atoms with Crippen LogP contribution in [0.15, 0.2) is 34.8 Å². The molecule has 1 aromatic carbocycles. The third kappa shape index (κ3) is 5.21. The van der Waals surface area contributed by atoms with E-state index in [1.54, 1.807) is 18.2 Å². The summed E-state index contributed by atoms with van der Waals surface area (Å²) in [6.45, 7) is 7.01. The van der Waals surface area contributed by atoms with Crippen LogP contribution < -0.4 is 5.32 Å². The maximum atomic E-state index is 11.8. The van der Waals surface area contributed by atoms with Gasteiger partial charge in [0, 0.05) is 11.0 Å². The number of benzene rings is 1. The fourth-order valence-electron chi connectivity index (χ4n) is 1.25. The fourth-order valence-corrected chi connectivity index (χ4v) is 1.81. The summed E-state index contributed by atoms with van der Waals surface area (Å²) in [4.78, 5) is 11.8. The number of ether oxygens (including phenoxy) is 1. The molecular weight excluding hydrogens is 318 g/mol. The van der Waals surface area contributed by atoms with Crippen LogP contribution in [0.5, 0.6) is 0 Å². The quantitative estimate of drug-likeness (QED) is 0.640. The van der Waals surface area contributed by atoms with Crippen molar-refractivity contribution < 1.29 is 9.53 Å². The molecule has 0 radical (unpaired) electrons. The minimum Gasteiger partial charge on any atom is -0.375 e. The van der Waals surface area contributed by atoms with Crippen LogP contribution in [-0.4, -0.2) is 25.7 Å². The van der Waals surface area contributed by atoms with Crippen molar-refractivity contribution in [1.29, 1.82) is 0 Å². The smallest absolute Gasteiger partial charge is 0.252 e. The van der Waals surface area contributed by atoms with E-state index >= 15 is 0 Å². The third-order valence-electron chi connectivity index (χ3n) is 2.05. The summed E-state index contributed by atoms with van der Waals surface area (Å²) >= 11 is 9.25. The van der Waals surface area contributed by atoms with E-state index in [2.05, 4.69) is 27.8 Å². The van der Waals surface area contributed by atoms with Gasteiger partial charge in [-0.15, -0.1) is 0 Å². The minimum atomic E-state index is -0.208. The molecule has 5 heteroatoms. The van der Waals surface area contributed by atoms with Gasteiger partial charge in [-0.05, 0) is 25.1 Å². The number of hydrogen-bond acceptors (Lipinski definition) is 2. The minimum absolute atomic E-state index is 0.208. The molecule has 1 rings (SSSR count). The van der Waals surface area contributed by atoms with Crippen molar-refractivity contribution in [3.8, 4) is 0 Å². The van der Waals surface area contributed by atoms with E-state index in [4.69, 9.17) is 16.3 Å². The van der Waals surface area contributed by atoms with Gasteiger partial charge in [0.25, 0.3) is 5.91 Å². The average Bonchev–Trinajstić information content (AvgIpc) is 2.31. The Morgan fingerprint density at radius 3 is 2.94 bits per heavy atom. The van der Waals surface area contributed by atoms with Gasteiger partial charge >= 0.3 is 0 Å². The van der Waals surface area contributed by atoms with Gasteiger partial charge < -0.3 is 10.1 Å². The molecule has 0 spiro atoms. The molecule has 3 nitrogen and oxygen atoms in total. The maximum Gasteiger partial charge on any atom is 0.252 e. The first-order valence-corrected chi connectivity index (χ1v) is 6.63. The van der Waals surface area contributed by atoms with Gasteiger partial charge in [0.2, 0.25) is 0 Å². The van der Waals surface area contributed by atoms with Gasteiger partial charge in [0.05, 0.1) is 23.8 Å². The Balaban J connectivity index is 2.41. The van der Waals surface area contributed by atoms with Gasteiger partial charge in [-0.1, -0.05) is 39.7 Å². The second-order valence-electron chi connectivity index (χ2n) is 3.89. The Hall–Kier alpha value is -0.840. The Morgan fingerprint density at radius 1 is 1.56 bits per heavy atom. The van der Waals surface area contributed by atoms with Gasteiger partial charge in [-0.25, -0.2) is 0 Å². The van der Waals surface area contributed by atoms with E-state index in [-0.39, 0.29) is 5.91 Å². The number of carbonyl (C=O) groups is 1. The largest absolute Gasteiger partial charge is 0.375 e. The van der Waals surface area contributed by atoms with E-state index in [0.29, 0.717) is 30.3 Å². The second-order valence-corrected chi connectivity index (χ2v) is 5.21. The van der Waals surface area contributed by atoms with Crippen LogP contribution in [0.4, 0.5) is 0 Å². The lowest BCUT2D eigenvalue weighted by Crippen LogP contribution is -2.27. The highest BCUT2D eigenvalue weighted by Gasteiger charge is 2.09. The SMILES string of the molecule is C=C(C)COCCNC(=O)c1cc(Br)ccc1Cl. The topological polar surface area (TPSA) is 38.3 Å². The van der Waals surface area contributed by atoms with E-state index in [1.165, 1.54) is 0 Å². The van der Waals surface area contributed by atoms with Gasteiger partial charge in [-0.3, -0.25) is 4.79 Å². The summed E-state index contributed by atoms with van der Waals surface area (Å²) in [5.74, 6) is -0.208. The van der Waals surface area contributed by atoms with Crippen LogP contribution in [0, 0.1) is 0 Å². The average molecular weight is 333 g/mol. The zero-order valence-electron chi connectivity index (χ0n) is 10.1. The summed E-state index contributed by atoms with van der Waals surface area (Å²) in [7, 11) is 0. The molecular formula is C13H15BrClNO2. The summed E-state index contributed by atoms with van der Waals surface area (Å²) in [6, 6.07) is 5.15. The highest BCUT2D eigenvalue weighted by molar-refractivity contribution is 9.10. The number of hydrogen-bond donors (Lipinski definition) is 1. The molecule has 0 aliphatic carbocycles. The molecule has 1 amide bonds. The predicted octanol–water partition coefficient (Wildman–Crippen LogP) is 3.43. The highest BCUT2D eigenvalue weighted by Crippen LogP contribution is 2.20. The van der Waals surface area contributed by atoms with Crippen LogP contribution in [0.1, 0.15) is 17.3 Å². The number of rotatable bonds is 6. The first-order chi connectivity index (χ1) is 8.50. The van der Waals surface area contributed by atoms with Crippen molar-refractivity contribution in [2.45, 2.75) is 6.92 Å². The molecule has 0 atom stereocenters. The Kier molecular flexibility index (Phi) is 6.39. The van der Waals surface area contributed by atoms with Crippen LogP contribution >= 0.6 is 27.5 Å². The number of nitrogens with one attached hydrogen (secondary N) is 1. The van der Waals surface area contributed by atoms with Crippen molar-refractivity contribution in [1.82, 2.24) is 5.32 Å². The van der Waals surface area contributed by atoms with Crippen molar-refractivity contribution in [3.05, 3.63) is 45.4 Å². The lowest BCUT2D eigenvalue weighted by molar-refractivity contribution is 0.0927. The number of amides is 1. The molecule has 98 valence electrons. The molecule has 0 bridgehead atoms. The van der Waals surface area contributed by atoms with Gasteiger partial charge in [0.15, 0.2) is 0 Å². The monoisotopic (exact) mass is 331 g/mol. The molecule has 0 aliphatic heterocycles. The molecule has 0 aromatic heterocycles. The summed E-state index contributed by atoms with van der Waals surface area (Å²) in [5, 5.41) is 3.17. The van der Waals surface area contributed by atoms with Crippen LogP contribution in [-0.2, 0) is 4.74 Å². The molecule has 0 fully saturated rings. The lowest BCUT2D eigenvalue weighted by atomic mass is 10.2. The van der Waals surface area contributed by atoms with E-state index in [0.717, 1.165) is 10.0 Å². The maximum absolute atomic E-state index is 11.8. The Bertz CT molecular complexity index is 449. The second kappa shape index (κ2) is 7.56. The van der Waals surface area contributed by atoms with Crippen LogP contribution in [0.3, 0.4) is 0 Å². The van der Waals surface area contributed by atoms with Crippen LogP contribution in [0.25, 0.3) is 0 Å². The van der Waals surface area contributed by atoms with Crippen molar-refractivity contribution in [2.24, 2.45) is 0 Å². The molecule has 1 N–H and O–H groups in total. The molecule has 0 saturated carbocycles. The number of carbonyl (C=O) groups excluding carboxylic acids is 1.